The van der Waals surface area contributed by atoms with E-state index in [1.165, 1.54) is 0 Å². The van der Waals surface area contributed by atoms with Crippen LogP contribution >= 0.6 is 24.4 Å². The van der Waals surface area contributed by atoms with E-state index in [0.29, 0.717) is 0 Å². The largest absolute Gasteiger partial charge is 0.830 e. The van der Waals surface area contributed by atoms with Gasteiger partial charge in [-0.2, -0.15) is 0 Å². The molecule has 0 aromatic rings. The van der Waals surface area contributed by atoms with E-state index in [2.05, 4.69) is 0 Å². The van der Waals surface area contributed by atoms with E-state index in [1.807, 2.05) is 0 Å². The summed E-state index contributed by atoms with van der Waals surface area (Å²) in [4.78, 5) is 25.8. The molecule has 7 heteroatoms. The van der Waals surface area contributed by atoms with Crippen LogP contribution in [0.5, 0.6) is 0 Å². The minimum absolute atomic E-state index is 0. The Morgan fingerprint density at radius 1 is 0.769 bits per heavy atom. The predicted octanol–water partition coefficient (Wildman–Crippen LogP) is 1.27. The minimum Gasteiger partial charge on any atom is -0.830 e. The molecule has 0 rings (SSSR count). The molecule has 0 aromatic heterocycles. The maximum absolute atomic E-state index is 9.59. The van der Waals surface area contributed by atoms with Crippen LogP contribution in [0.1, 0.15) is 0 Å². The maximum atomic E-state index is 9.59. The van der Waals surface area contributed by atoms with Crippen LogP contribution in [-0.4, -0.2) is 49.8 Å². The quantitative estimate of drug-likeness (QED) is 0.572. The molecule has 0 unspecified atom stereocenters. The molecule has 13 heavy (non-hydrogen) atoms. The molecule has 0 bridgehead atoms. The van der Waals surface area contributed by atoms with Crippen molar-refractivity contribution < 1.29 is 35.7 Å². The molecular formula is C6H20O3P3Pt-. The van der Waals surface area contributed by atoms with E-state index >= 15 is 0 Å². The zero-order chi connectivity index (χ0) is 10.7. The monoisotopic (exact) mass is 428 g/mol. The van der Waals surface area contributed by atoms with Gasteiger partial charge in [0.15, 0.2) is 0 Å². The average molecular weight is 428 g/mol. The Labute approximate surface area is 100 Å². The topological polar surface area (TPSA) is 63.5 Å². The second-order valence-electron chi connectivity index (χ2n) is 2.51. The van der Waals surface area contributed by atoms with Gasteiger partial charge in [0, 0.05) is 37.4 Å². The van der Waals surface area contributed by atoms with Crippen LogP contribution in [0.25, 0.3) is 0 Å². The first-order chi connectivity index (χ1) is 5.20. The first-order valence-electron chi connectivity index (χ1n) is 3.27. The van der Waals surface area contributed by atoms with Crippen LogP contribution in [0.2, 0.25) is 0 Å². The SMILES string of the molecule is CP(C)O.CP(C)O.CP(C)[O-].[Pt]. The van der Waals surface area contributed by atoms with E-state index < -0.39 is 24.4 Å². The standard InChI is InChI=1S/2C2H7OP.C2H6OP.Pt/c3*1-4(2)3;/h2*3H,1-2H3;1-2H3;/q;;-1;. The van der Waals surface area contributed by atoms with Gasteiger partial charge in [-0.3, -0.25) is 0 Å². The van der Waals surface area contributed by atoms with Crippen molar-refractivity contribution in [1.82, 2.24) is 0 Å². The molecule has 0 spiro atoms. The summed E-state index contributed by atoms with van der Waals surface area (Å²) in [5.41, 5.74) is 0. The van der Waals surface area contributed by atoms with E-state index in [9.17, 15) is 4.89 Å². The van der Waals surface area contributed by atoms with Gasteiger partial charge >= 0.3 is 0 Å². The Morgan fingerprint density at radius 2 is 0.769 bits per heavy atom. The predicted molar refractivity (Wildman–Crippen MR) is 60.7 cm³/mol. The van der Waals surface area contributed by atoms with Crippen molar-refractivity contribution in [3.8, 4) is 0 Å². The van der Waals surface area contributed by atoms with Gasteiger partial charge in [-0.25, -0.2) is 8.15 Å². The zero-order valence-corrected chi connectivity index (χ0v) is 13.9. The van der Waals surface area contributed by atoms with Crippen LogP contribution in [0.4, 0.5) is 0 Å². The maximum Gasteiger partial charge on any atom is 0.0187 e. The molecule has 0 aliphatic heterocycles. The van der Waals surface area contributed by atoms with Crippen molar-refractivity contribution in [1.29, 1.82) is 0 Å². The van der Waals surface area contributed by atoms with Gasteiger partial charge in [-0.1, -0.05) is 13.3 Å². The van der Waals surface area contributed by atoms with Crippen molar-refractivity contribution >= 4 is 24.4 Å². The minimum atomic E-state index is -0.870. The van der Waals surface area contributed by atoms with Crippen molar-refractivity contribution in [2.24, 2.45) is 0 Å². The van der Waals surface area contributed by atoms with E-state index in [1.54, 1.807) is 40.0 Å². The molecule has 0 saturated heterocycles. The van der Waals surface area contributed by atoms with Crippen molar-refractivity contribution in [2.75, 3.05) is 40.0 Å². The van der Waals surface area contributed by atoms with Crippen molar-refractivity contribution in [3.63, 3.8) is 0 Å². The molecule has 0 aliphatic rings. The zero-order valence-electron chi connectivity index (χ0n) is 8.96. The van der Waals surface area contributed by atoms with E-state index in [4.69, 9.17) is 9.79 Å². The third kappa shape index (κ3) is 564. The normalized spacial score (nSPS) is 8.31. The molecule has 0 fully saturated rings. The average Bonchev–Trinajstić information content (AvgIpc) is 1.54. The Bertz CT molecular complexity index is 51.6. The van der Waals surface area contributed by atoms with Crippen molar-refractivity contribution in [2.45, 2.75) is 0 Å². The second-order valence-corrected chi connectivity index (χ2v) is 7.52. The van der Waals surface area contributed by atoms with Gasteiger partial charge in [-0.15, -0.1) is 0 Å². The van der Waals surface area contributed by atoms with Crippen LogP contribution < -0.4 is 4.89 Å². The molecule has 0 heterocycles. The number of hydrogen-bond donors (Lipinski definition) is 2. The van der Waals surface area contributed by atoms with Gasteiger partial charge in [0.05, 0.1) is 0 Å². The molecule has 0 aromatic carbocycles. The first-order valence-corrected chi connectivity index (χ1v) is 9.80. The summed E-state index contributed by atoms with van der Waals surface area (Å²) in [6.07, 6.45) is 0. The molecule has 2 N–H and O–H groups in total. The van der Waals surface area contributed by atoms with Crippen molar-refractivity contribution in [3.05, 3.63) is 0 Å². The molecular weight excluding hydrogens is 408 g/mol. The van der Waals surface area contributed by atoms with Crippen LogP contribution in [0.3, 0.4) is 0 Å². The molecule has 0 saturated carbocycles. The summed E-state index contributed by atoms with van der Waals surface area (Å²) in [6.45, 7) is 10.5. The van der Waals surface area contributed by atoms with Gasteiger partial charge in [0.25, 0.3) is 0 Å². The van der Waals surface area contributed by atoms with Gasteiger partial charge in [0.2, 0.25) is 0 Å². The summed E-state index contributed by atoms with van der Waals surface area (Å²) in [7, 11) is -2.11. The Balaban J connectivity index is -0.0000000450. The molecule has 0 amide bonds. The van der Waals surface area contributed by atoms with Crippen LogP contribution in [-0.2, 0) is 21.1 Å². The molecule has 0 atom stereocenters. The fourth-order valence-corrected chi connectivity index (χ4v) is 0. The second kappa shape index (κ2) is 19.4. The summed E-state index contributed by atoms with van der Waals surface area (Å²) in [6, 6.07) is 0. The smallest absolute Gasteiger partial charge is 0.0187 e. The third-order valence-corrected chi connectivity index (χ3v) is 0. The molecule has 88 valence electrons. The third-order valence-electron chi connectivity index (χ3n) is 0. The Kier molecular flexibility index (Phi) is 36.2. The Hall–Kier alpha value is 1.86. The number of hydrogen-bond acceptors (Lipinski definition) is 3. The van der Waals surface area contributed by atoms with E-state index in [0.717, 1.165) is 0 Å². The summed E-state index contributed by atoms with van der Waals surface area (Å²) in [5.74, 6) is 0. The summed E-state index contributed by atoms with van der Waals surface area (Å²) >= 11 is 0. The summed E-state index contributed by atoms with van der Waals surface area (Å²) < 4.78 is 0. The van der Waals surface area contributed by atoms with Gasteiger partial charge in [-0.05, 0) is 26.7 Å². The fraction of sp³-hybridized carbons (Fsp3) is 1.00. The van der Waals surface area contributed by atoms with Gasteiger partial charge < -0.3 is 14.7 Å². The Morgan fingerprint density at radius 3 is 0.769 bits per heavy atom. The molecule has 3 nitrogen and oxygen atoms in total. The van der Waals surface area contributed by atoms with Crippen LogP contribution in [0.15, 0.2) is 0 Å². The fourth-order valence-electron chi connectivity index (χ4n) is 0. The van der Waals surface area contributed by atoms with Crippen LogP contribution in [0, 0.1) is 0 Å². The first kappa shape index (κ1) is 24.2. The molecule has 0 aliphatic carbocycles. The number of rotatable bonds is 0. The van der Waals surface area contributed by atoms with E-state index in [-0.39, 0.29) is 21.1 Å². The molecule has 0 radical (unpaired) electrons. The summed E-state index contributed by atoms with van der Waals surface area (Å²) in [5, 5.41) is 0. The van der Waals surface area contributed by atoms with Gasteiger partial charge in [0.1, 0.15) is 0 Å².